The first-order valence-corrected chi connectivity index (χ1v) is 5.20. The first-order chi connectivity index (χ1) is 7.00. The third-order valence-electron chi connectivity index (χ3n) is 2.83. The Bertz CT molecular complexity index is 360. The van der Waals surface area contributed by atoms with Crippen LogP contribution in [0.4, 0.5) is 0 Å². The second kappa shape index (κ2) is 3.42. The summed E-state index contributed by atoms with van der Waals surface area (Å²) < 4.78 is 5.88. The summed E-state index contributed by atoms with van der Waals surface area (Å²) in [6.45, 7) is 7.62. The van der Waals surface area contributed by atoms with Gasteiger partial charge in [0.15, 0.2) is 0 Å². The first-order valence-electron chi connectivity index (χ1n) is 5.20. The number of nitrogens with one attached hydrogen (secondary N) is 1. The molecule has 1 fully saturated rings. The van der Waals surface area contributed by atoms with Gasteiger partial charge < -0.3 is 15.2 Å². The molecule has 0 aromatic heterocycles. The molecule has 0 unspecified atom stereocenters. The summed E-state index contributed by atoms with van der Waals surface area (Å²) in [5, 5.41) is 12.8. The Hall–Kier alpha value is -1.22. The molecule has 15 heavy (non-hydrogen) atoms. The average molecular weight is 207 g/mol. The molecule has 82 valence electrons. The zero-order valence-corrected chi connectivity index (χ0v) is 9.42. The number of aryl methyl sites for hydroxylation is 2. The third-order valence-corrected chi connectivity index (χ3v) is 2.83. The van der Waals surface area contributed by atoms with Gasteiger partial charge in [-0.3, -0.25) is 0 Å². The molecular weight excluding hydrogens is 190 g/mol. The Kier molecular flexibility index (Phi) is 2.35. The van der Waals surface area contributed by atoms with Gasteiger partial charge in [0.25, 0.3) is 0 Å². The molecule has 1 saturated heterocycles. The van der Waals surface area contributed by atoms with Crippen LogP contribution in [0.15, 0.2) is 12.1 Å². The zero-order valence-electron chi connectivity index (χ0n) is 9.42. The van der Waals surface area contributed by atoms with E-state index in [4.69, 9.17) is 4.74 Å². The molecule has 1 aromatic rings. The van der Waals surface area contributed by atoms with Crippen LogP contribution >= 0.6 is 0 Å². The molecule has 0 saturated carbocycles. The van der Waals surface area contributed by atoms with Crippen molar-refractivity contribution in [3.8, 4) is 11.5 Å². The molecule has 3 heteroatoms. The predicted octanol–water partition coefficient (Wildman–Crippen LogP) is 1.75. The Labute approximate surface area is 90.1 Å². The SMILES string of the molecule is Cc1cc(OC2(C)CNC2)cc(C)c1O. The Balaban J connectivity index is 2.22. The van der Waals surface area contributed by atoms with E-state index < -0.39 is 0 Å². The van der Waals surface area contributed by atoms with E-state index in [0.29, 0.717) is 5.75 Å². The molecule has 0 aliphatic carbocycles. The number of rotatable bonds is 2. The Morgan fingerprint density at radius 2 is 1.80 bits per heavy atom. The fourth-order valence-corrected chi connectivity index (χ4v) is 1.81. The van der Waals surface area contributed by atoms with Crippen LogP contribution in [0.25, 0.3) is 0 Å². The van der Waals surface area contributed by atoms with Crippen LogP contribution in [-0.4, -0.2) is 23.8 Å². The molecule has 1 heterocycles. The second-order valence-electron chi connectivity index (χ2n) is 4.56. The maximum Gasteiger partial charge on any atom is 0.131 e. The molecule has 1 aromatic carbocycles. The van der Waals surface area contributed by atoms with Gasteiger partial charge in [0.1, 0.15) is 17.1 Å². The second-order valence-corrected chi connectivity index (χ2v) is 4.56. The minimum atomic E-state index is -0.0874. The maximum absolute atomic E-state index is 9.63. The quantitative estimate of drug-likeness (QED) is 0.776. The summed E-state index contributed by atoms with van der Waals surface area (Å²) in [7, 11) is 0. The van der Waals surface area contributed by atoms with Gasteiger partial charge in [-0.15, -0.1) is 0 Å². The van der Waals surface area contributed by atoms with Gasteiger partial charge in [0.2, 0.25) is 0 Å². The van der Waals surface area contributed by atoms with Crippen molar-refractivity contribution in [3.05, 3.63) is 23.3 Å². The van der Waals surface area contributed by atoms with Crippen LogP contribution in [0, 0.1) is 13.8 Å². The Morgan fingerprint density at radius 1 is 1.27 bits per heavy atom. The van der Waals surface area contributed by atoms with Crippen molar-refractivity contribution >= 4 is 0 Å². The topological polar surface area (TPSA) is 41.5 Å². The van der Waals surface area contributed by atoms with Crippen molar-refractivity contribution in [3.63, 3.8) is 0 Å². The standard InChI is InChI=1S/C12H17NO2/c1-8-4-10(5-9(2)11(8)14)15-12(3)6-13-7-12/h4-5,13-14H,6-7H2,1-3H3. The molecule has 0 bridgehead atoms. The summed E-state index contributed by atoms with van der Waals surface area (Å²) in [4.78, 5) is 0. The minimum Gasteiger partial charge on any atom is -0.507 e. The lowest BCUT2D eigenvalue weighted by Gasteiger charge is -2.39. The van der Waals surface area contributed by atoms with Crippen molar-refractivity contribution in [2.24, 2.45) is 0 Å². The maximum atomic E-state index is 9.63. The summed E-state index contributed by atoms with van der Waals surface area (Å²) in [5.74, 6) is 1.20. The molecule has 2 N–H and O–H groups in total. The summed E-state index contributed by atoms with van der Waals surface area (Å²) in [6, 6.07) is 3.76. The highest BCUT2D eigenvalue weighted by Crippen LogP contribution is 2.29. The van der Waals surface area contributed by atoms with E-state index in [1.807, 2.05) is 26.0 Å². The van der Waals surface area contributed by atoms with E-state index in [9.17, 15) is 5.11 Å². The fourth-order valence-electron chi connectivity index (χ4n) is 1.81. The lowest BCUT2D eigenvalue weighted by atomic mass is 10.00. The zero-order chi connectivity index (χ0) is 11.1. The van der Waals surface area contributed by atoms with Crippen molar-refractivity contribution in [1.29, 1.82) is 0 Å². The van der Waals surface area contributed by atoms with E-state index in [-0.39, 0.29) is 5.60 Å². The number of benzene rings is 1. The molecule has 3 nitrogen and oxygen atoms in total. The minimum absolute atomic E-state index is 0.0874. The number of phenols is 1. The van der Waals surface area contributed by atoms with Gasteiger partial charge in [-0.2, -0.15) is 0 Å². The lowest BCUT2D eigenvalue weighted by Crippen LogP contribution is -2.61. The van der Waals surface area contributed by atoms with Crippen molar-refractivity contribution < 1.29 is 9.84 Å². The van der Waals surface area contributed by atoms with Crippen LogP contribution < -0.4 is 10.1 Å². The number of hydrogen-bond acceptors (Lipinski definition) is 3. The van der Waals surface area contributed by atoms with E-state index in [2.05, 4.69) is 12.2 Å². The first kappa shape index (κ1) is 10.3. The molecule has 2 rings (SSSR count). The number of aromatic hydroxyl groups is 1. The van der Waals surface area contributed by atoms with Gasteiger partial charge in [-0.05, 0) is 44.0 Å². The van der Waals surface area contributed by atoms with E-state index in [0.717, 1.165) is 30.0 Å². The molecule has 0 radical (unpaired) electrons. The largest absolute Gasteiger partial charge is 0.507 e. The number of phenolic OH excluding ortho intramolecular Hbond substituents is 1. The van der Waals surface area contributed by atoms with Crippen LogP contribution in [-0.2, 0) is 0 Å². The Morgan fingerprint density at radius 3 is 2.20 bits per heavy atom. The molecule has 0 atom stereocenters. The third kappa shape index (κ3) is 1.92. The lowest BCUT2D eigenvalue weighted by molar-refractivity contribution is 0.0347. The van der Waals surface area contributed by atoms with Gasteiger partial charge >= 0.3 is 0 Å². The predicted molar refractivity (Wildman–Crippen MR) is 59.5 cm³/mol. The molecule has 1 aliphatic rings. The molecule has 0 amide bonds. The average Bonchev–Trinajstić information content (AvgIpc) is 2.11. The van der Waals surface area contributed by atoms with Crippen LogP contribution in [0.3, 0.4) is 0 Å². The molecule has 0 spiro atoms. The summed E-state index contributed by atoms with van der Waals surface area (Å²) >= 11 is 0. The monoisotopic (exact) mass is 207 g/mol. The van der Waals surface area contributed by atoms with Crippen LogP contribution in [0.1, 0.15) is 18.1 Å². The fraction of sp³-hybridized carbons (Fsp3) is 0.500. The van der Waals surface area contributed by atoms with Crippen LogP contribution in [0.5, 0.6) is 11.5 Å². The van der Waals surface area contributed by atoms with Crippen molar-refractivity contribution in [2.75, 3.05) is 13.1 Å². The molecular formula is C12H17NO2. The highest BCUT2D eigenvalue weighted by molar-refractivity contribution is 5.45. The van der Waals surface area contributed by atoms with Crippen molar-refractivity contribution in [2.45, 2.75) is 26.4 Å². The number of hydrogen-bond donors (Lipinski definition) is 2. The van der Waals surface area contributed by atoms with Gasteiger partial charge in [-0.1, -0.05) is 0 Å². The smallest absolute Gasteiger partial charge is 0.131 e. The van der Waals surface area contributed by atoms with Gasteiger partial charge in [-0.25, -0.2) is 0 Å². The normalized spacial score (nSPS) is 18.3. The highest BCUT2D eigenvalue weighted by atomic mass is 16.5. The van der Waals surface area contributed by atoms with Gasteiger partial charge in [0, 0.05) is 13.1 Å². The highest BCUT2D eigenvalue weighted by Gasteiger charge is 2.33. The summed E-state index contributed by atoms with van der Waals surface area (Å²) in [5.41, 5.74) is 1.64. The van der Waals surface area contributed by atoms with Crippen molar-refractivity contribution in [1.82, 2.24) is 5.32 Å². The molecule has 1 aliphatic heterocycles. The van der Waals surface area contributed by atoms with E-state index >= 15 is 0 Å². The van der Waals surface area contributed by atoms with E-state index in [1.165, 1.54) is 0 Å². The number of ether oxygens (including phenoxy) is 1. The van der Waals surface area contributed by atoms with Crippen LogP contribution in [0.2, 0.25) is 0 Å². The van der Waals surface area contributed by atoms with E-state index in [1.54, 1.807) is 0 Å². The van der Waals surface area contributed by atoms with Gasteiger partial charge in [0.05, 0.1) is 0 Å². The summed E-state index contributed by atoms with van der Waals surface area (Å²) in [6.07, 6.45) is 0.